The zero-order chi connectivity index (χ0) is 23.3. The van der Waals surface area contributed by atoms with Gasteiger partial charge < -0.3 is 19.3 Å². The summed E-state index contributed by atoms with van der Waals surface area (Å²) in [7, 11) is 0. The highest BCUT2D eigenvalue weighted by Gasteiger charge is 2.30. The van der Waals surface area contributed by atoms with Crippen molar-refractivity contribution in [2.75, 3.05) is 44.1 Å². The summed E-state index contributed by atoms with van der Waals surface area (Å²) in [5, 5.41) is 1.10. The number of hydrogen-bond acceptors (Lipinski definition) is 6. The molecule has 7 nitrogen and oxygen atoms in total. The number of fused-ring (bicyclic) bond motifs is 1. The van der Waals surface area contributed by atoms with E-state index in [0.29, 0.717) is 45.0 Å². The highest BCUT2D eigenvalue weighted by Crippen LogP contribution is 2.27. The minimum Gasteiger partial charge on any atom is -0.381 e. The lowest BCUT2D eigenvalue weighted by atomic mass is 9.98. The molecule has 0 spiro atoms. The van der Waals surface area contributed by atoms with Crippen LogP contribution < -0.4 is 4.72 Å². The number of anilines is 1. The summed E-state index contributed by atoms with van der Waals surface area (Å²) in [6, 6.07) is 17.6. The predicted octanol–water partition coefficient (Wildman–Crippen LogP) is 4.07. The van der Waals surface area contributed by atoms with Gasteiger partial charge in [-0.3, -0.25) is 14.6 Å². The van der Waals surface area contributed by atoms with Crippen LogP contribution in [0, 0.1) is 5.92 Å². The quantitative estimate of drug-likeness (QED) is 0.560. The molecule has 3 heterocycles. The lowest BCUT2D eigenvalue weighted by Gasteiger charge is -2.37. The van der Waals surface area contributed by atoms with Gasteiger partial charge in [-0.25, -0.2) is 0 Å². The topological polar surface area (TPSA) is 74.8 Å². The maximum Gasteiger partial charge on any atom is 0.253 e. The summed E-state index contributed by atoms with van der Waals surface area (Å²) in [5.74, 6) is 0.291. The van der Waals surface area contributed by atoms with Crippen LogP contribution in [0.15, 0.2) is 65.7 Å². The molecule has 2 aliphatic heterocycles. The number of carbonyl (C=O) groups is 2. The van der Waals surface area contributed by atoms with Crippen molar-refractivity contribution in [2.24, 2.45) is 5.92 Å². The molecule has 0 bridgehead atoms. The molecule has 3 aromatic rings. The number of amides is 2. The van der Waals surface area contributed by atoms with Crippen molar-refractivity contribution in [1.82, 2.24) is 14.8 Å². The van der Waals surface area contributed by atoms with Gasteiger partial charge in [-0.05, 0) is 61.2 Å². The Hall–Kier alpha value is -3.10. The minimum absolute atomic E-state index is 0.00984. The molecule has 0 saturated carbocycles. The van der Waals surface area contributed by atoms with Gasteiger partial charge in [0.05, 0.1) is 10.4 Å². The number of rotatable bonds is 5. The average molecular weight is 477 g/mol. The van der Waals surface area contributed by atoms with Gasteiger partial charge in [-0.15, -0.1) is 0 Å². The van der Waals surface area contributed by atoms with Crippen molar-refractivity contribution < 1.29 is 14.3 Å². The Morgan fingerprint density at radius 2 is 1.62 bits per heavy atom. The highest BCUT2D eigenvalue weighted by atomic mass is 32.2. The fourth-order valence-electron chi connectivity index (χ4n) is 4.47. The summed E-state index contributed by atoms with van der Waals surface area (Å²) in [5.41, 5.74) is 2.54. The Bertz CT molecular complexity index is 1150. The van der Waals surface area contributed by atoms with Gasteiger partial charge in [0, 0.05) is 68.1 Å². The molecule has 2 amide bonds. The number of pyridine rings is 1. The van der Waals surface area contributed by atoms with Crippen LogP contribution >= 0.6 is 11.9 Å². The first-order chi connectivity index (χ1) is 16.7. The molecular formula is C26H28N4O3S. The van der Waals surface area contributed by atoms with E-state index in [2.05, 4.69) is 9.71 Å². The van der Waals surface area contributed by atoms with Crippen LogP contribution in [0.5, 0.6) is 0 Å². The molecule has 1 aromatic heterocycles. The van der Waals surface area contributed by atoms with E-state index in [1.54, 1.807) is 6.20 Å². The Morgan fingerprint density at radius 1 is 0.912 bits per heavy atom. The fraction of sp³-hybridized carbons (Fsp3) is 0.346. The van der Waals surface area contributed by atoms with Crippen LogP contribution in [-0.2, 0) is 9.53 Å². The SMILES string of the molecule is O=C(c1ccc(NSc2cccc3cccnc23)cc1)N1CCN(C(=O)C2CCOCC2)CC1. The van der Waals surface area contributed by atoms with Gasteiger partial charge in [0.25, 0.3) is 5.91 Å². The van der Waals surface area contributed by atoms with Crippen LogP contribution in [0.4, 0.5) is 5.69 Å². The molecule has 2 aliphatic rings. The van der Waals surface area contributed by atoms with E-state index in [1.165, 1.54) is 11.9 Å². The van der Waals surface area contributed by atoms with Crippen molar-refractivity contribution in [3.8, 4) is 0 Å². The third-order valence-electron chi connectivity index (χ3n) is 6.46. The maximum absolute atomic E-state index is 13.0. The van der Waals surface area contributed by atoms with Gasteiger partial charge in [0.1, 0.15) is 0 Å². The first kappa shape index (κ1) is 22.7. The van der Waals surface area contributed by atoms with E-state index in [9.17, 15) is 9.59 Å². The van der Waals surface area contributed by atoms with Crippen molar-refractivity contribution in [2.45, 2.75) is 17.7 Å². The van der Waals surface area contributed by atoms with Gasteiger partial charge in [0.15, 0.2) is 0 Å². The van der Waals surface area contributed by atoms with Crippen molar-refractivity contribution in [3.05, 3.63) is 66.4 Å². The molecule has 5 rings (SSSR count). The largest absolute Gasteiger partial charge is 0.381 e. The second-order valence-electron chi connectivity index (χ2n) is 8.62. The smallest absolute Gasteiger partial charge is 0.253 e. The average Bonchev–Trinajstić information content (AvgIpc) is 2.92. The molecule has 176 valence electrons. The van der Waals surface area contributed by atoms with Crippen molar-refractivity contribution in [3.63, 3.8) is 0 Å². The first-order valence-electron chi connectivity index (χ1n) is 11.7. The number of benzene rings is 2. The third kappa shape index (κ3) is 5.03. The number of nitrogens with one attached hydrogen (secondary N) is 1. The van der Waals surface area contributed by atoms with Gasteiger partial charge in [0.2, 0.25) is 5.91 Å². The number of hydrogen-bond donors (Lipinski definition) is 1. The second-order valence-corrected chi connectivity index (χ2v) is 9.46. The Balaban J connectivity index is 1.15. The van der Waals surface area contributed by atoms with Crippen LogP contribution in [0.25, 0.3) is 10.9 Å². The first-order valence-corrected chi connectivity index (χ1v) is 12.5. The summed E-state index contributed by atoms with van der Waals surface area (Å²) >= 11 is 1.51. The summed E-state index contributed by atoms with van der Waals surface area (Å²) in [6.07, 6.45) is 3.40. The monoisotopic (exact) mass is 476 g/mol. The van der Waals surface area contributed by atoms with Crippen molar-refractivity contribution in [1.29, 1.82) is 0 Å². The molecule has 34 heavy (non-hydrogen) atoms. The lowest BCUT2D eigenvalue weighted by molar-refractivity contribution is -0.140. The van der Waals surface area contributed by atoms with E-state index in [0.717, 1.165) is 34.3 Å². The number of nitrogens with zero attached hydrogens (tertiary/aromatic N) is 3. The van der Waals surface area contributed by atoms with Gasteiger partial charge >= 0.3 is 0 Å². The highest BCUT2D eigenvalue weighted by molar-refractivity contribution is 8.00. The van der Waals surface area contributed by atoms with E-state index < -0.39 is 0 Å². The number of aromatic nitrogens is 1. The lowest BCUT2D eigenvalue weighted by Crippen LogP contribution is -2.52. The Kier molecular flexibility index (Phi) is 6.97. The molecule has 0 aliphatic carbocycles. The van der Waals surface area contributed by atoms with Crippen LogP contribution in [0.3, 0.4) is 0 Å². The molecule has 2 fully saturated rings. The summed E-state index contributed by atoms with van der Waals surface area (Å²) in [4.78, 5) is 35.0. The van der Waals surface area contributed by atoms with Crippen LogP contribution in [0.1, 0.15) is 23.2 Å². The van der Waals surface area contributed by atoms with E-state index in [1.807, 2.05) is 64.4 Å². The van der Waals surface area contributed by atoms with Gasteiger partial charge in [-0.2, -0.15) is 0 Å². The molecule has 1 N–H and O–H groups in total. The predicted molar refractivity (Wildman–Crippen MR) is 134 cm³/mol. The molecule has 8 heteroatoms. The molecule has 0 unspecified atom stereocenters. The van der Waals surface area contributed by atoms with Crippen LogP contribution in [-0.4, -0.2) is 66.0 Å². The van der Waals surface area contributed by atoms with Gasteiger partial charge in [-0.1, -0.05) is 18.2 Å². The molecule has 2 saturated heterocycles. The minimum atomic E-state index is 0.00984. The van der Waals surface area contributed by atoms with Crippen molar-refractivity contribution >= 4 is 40.4 Å². The molecule has 0 radical (unpaired) electrons. The standard InChI is InChI=1S/C26H28N4O3S/c31-25(29-13-15-30(16-14-29)26(32)21-10-17-33-18-11-21)20-6-8-22(9-7-20)28-34-23-5-1-3-19-4-2-12-27-24(19)23/h1-9,12,21,28H,10-11,13-18H2. The fourth-order valence-corrected chi connectivity index (χ4v) is 5.25. The van der Waals surface area contributed by atoms with Crippen LogP contribution in [0.2, 0.25) is 0 Å². The Morgan fingerprint density at radius 3 is 2.38 bits per heavy atom. The second kappa shape index (κ2) is 10.4. The number of para-hydroxylation sites is 1. The summed E-state index contributed by atoms with van der Waals surface area (Å²) < 4.78 is 8.71. The number of piperazine rings is 1. The zero-order valence-corrected chi connectivity index (χ0v) is 19.8. The molecule has 2 aromatic carbocycles. The zero-order valence-electron chi connectivity index (χ0n) is 19.0. The van der Waals surface area contributed by atoms with E-state index in [4.69, 9.17) is 4.74 Å². The molecule has 0 atom stereocenters. The third-order valence-corrected chi connectivity index (χ3v) is 7.34. The number of ether oxygens (including phenoxy) is 1. The Labute approximate surface area is 203 Å². The maximum atomic E-state index is 13.0. The molecular weight excluding hydrogens is 448 g/mol. The summed E-state index contributed by atoms with van der Waals surface area (Å²) in [6.45, 7) is 3.65. The normalized spacial score (nSPS) is 17.1. The number of carbonyl (C=O) groups excluding carboxylic acids is 2. The van der Waals surface area contributed by atoms with E-state index >= 15 is 0 Å². The van der Waals surface area contributed by atoms with E-state index in [-0.39, 0.29) is 17.7 Å².